The number of aliphatic hydroxyl groups excluding tert-OH is 1. The molecule has 0 aromatic carbocycles. The van der Waals surface area contributed by atoms with Crippen molar-refractivity contribution >= 4 is 11.6 Å². The maximum Gasteiger partial charge on any atom is 0.155 e. The molecule has 0 spiro atoms. The Kier molecular flexibility index (Phi) is 3.62. The van der Waals surface area contributed by atoms with Crippen LogP contribution in [0.2, 0.25) is 0 Å². The summed E-state index contributed by atoms with van der Waals surface area (Å²) >= 11 is 0. The van der Waals surface area contributed by atoms with Crippen LogP contribution in [0.5, 0.6) is 0 Å². The summed E-state index contributed by atoms with van der Waals surface area (Å²) < 4.78 is 0. The van der Waals surface area contributed by atoms with Gasteiger partial charge in [0, 0.05) is 12.3 Å². The SMILES string of the molecule is CC(=O)[C@H]1CCC2[C@@H]3C(O)CC4=CC(=O)CC[C@]4(C)[C@H]3CC[C@@]21C. The first-order valence-corrected chi connectivity index (χ1v) is 9.70. The van der Waals surface area contributed by atoms with Gasteiger partial charge in [-0.1, -0.05) is 19.4 Å². The quantitative estimate of drug-likeness (QED) is 0.797. The van der Waals surface area contributed by atoms with Crippen molar-refractivity contribution in [3.05, 3.63) is 11.6 Å². The van der Waals surface area contributed by atoms with Crippen LogP contribution in [0.4, 0.5) is 0 Å². The van der Waals surface area contributed by atoms with Gasteiger partial charge in [0.05, 0.1) is 6.10 Å². The Morgan fingerprint density at radius 3 is 2.62 bits per heavy atom. The van der Waals surface area contributed by atoms with Crippen molar-refractivity contribution in [2.75, 3.05) is 0 Å². The van der Waals surface area contributed by atoms with Gasteiger partial charge < -0.3 is 5.11 Å². The number of carbonyl (C=O) groups excluding carboxylic acids is 2. The second-order valence-electron chi connectivity index (χ2n) is 9.40. The molecule has 2 unspecified atom stereocenters. The standard InChI is InChI=1S/C21H30O3/c1-12(22)15-4-5-16-19-17(7-9-21(15,16)3)20(2)8-6-14(23)10-13(20)11-18(19)24/h10,15-19,24H,4-9,11H2,1-3H3/t15-,16?,17+,18?,19+,20+,21-/m1/s1. The molecular weight excluding hydrogens is 300 g/mol. The van der Waals surface area contributed by atoms with Crippen LogP contribution in [-0.2, 0) is 9.59 Å². The lowest BCUT2D eigenvalue weighted by Gasteiger charge is -2.59. The van der Waals surface area contributed by atoms with Crippen LogP contribution in [0.3, 0.4) is 0 Å². The number of aliphatic hydroxyl groups is 1. The van der Waals surface area contributed by atoms with Crippen molar-refractivity contribution in [1.82, 2.24) is 0 Å². The lowest BCUT2D eigenvalue weighted by molar-refractivity contribution is -0.135. The molecule has 0 bridgehead atoms. The molecule has 0 radical (unpaired) electrons. The fourth-order valence-electron chi connectivity index (χ4n) is 7.19. The molecule has 3 heteroatoms. The first-order valence-electron chi connectivity index (χ1n) is 9.70. The summed E-state index contributed by atoms with van der Waals surface area (Å²) in [7, 11) is 0. The lowest BCUT2D eigenvalue weighted by atomic mass is 9.46. The fraction of sp³-hybridized carbons (Fsp3) is 0.810. The Morgan fingerprint density at radius 1 is 1.17 bits per heavy atom. The van der Waals surface area contributed by atoms with Gasteiger partial charge in [-0.15, -0.1) is 0 Å². The van der Waals surface area contributed by atoms with Crippen LogP contribution in [-0.4, -0.2) is 22.8 Å². The van der Waals surface area contributed by atoms with E-state index >= 15 is 0 Å². The normalized spacial score (nSPS) is 50.6. The second kappa shape index (κ2) is 5.27. The maximum atomic E-state index is 12.2. The molecule has 4 rings (SSSR count). The van der Waals surface area contributed by atoms with Crippen molar-refractivity contribution in [2.45, 2.75) is 71.8 Å². The third-order valence-corrected chi connectivity index (χ3v) is 8.47. The van der Waals surface area contributed by atoms with Gasteiger partial charge in [0.2, 0.25) is 0 Å². The Labute approximate surface area is 144 Å². The van der Waals surface area contributed by atoms with Gasteiger partial charge in [-0.25, -0.2) is 0 Å². The minimum Gasteiger partial charge on any atom is -0.392 e. The number of hydrogen-bond acceptors (Lipinski definition) is 3. The fourth-order valence-corrected chi connectivity index (χ4v) is 7.19. The Balaban J connectivity index is 1.72. The predicted octanol–water partition coefficient (Wildman–Crippen LogP) is 3.69. The Hall–Kier alpha value is -0.960. The number of hydrogen-bond donors (Lipinski definition) is 1. The highest BCUT2D eigenvalue weighted by Gasteiger charge is 2.61. The molecule has 24 heavy (non-hydrogen) atoms. The molecule has 132 valence electrons. The smallest absolute Gasteiger partial charge is 0.155 e. The third-order valence-electron chi connectivity index (χ3n) is 8.47. The van der Waals surface area contributed by atoms with E-state index in [0.29, 0.717) is 36.4 Å². The van der Waals surface area contributed by atoms with Gasteiger partial charge in [-0.2, -0.15) is 0 Å². The van der Waals surface area contributed by atoms with Crippen LogP contribution in [0.25, 0.3) is 0 Å². The summed E-state index contributed by atoms with van der Waals surface area (Å²) in [5.41, 5.74) is 1.33. The summed E-state index contributed by atoms with van der Waals surface area (Å²) in [5, 5.41) is 11.0. The number of Topliss-reactive ketones (excluding diaryl/α,β-unsaturated/α-hetero) is 1. The van der Waals surface area contributed by atoms with Crippen LogP contribution in [0.1, 0.15) is 65.7 Å². The van der Waals surface area contributed by atoms with E-state index in [1.165, 1.54) is 5.57 Å². The molecule has 0 aromatic heterocycles. The maximum absolute atomic E-state index is 12.2. The molecule has 4 aliphatic carbocycles. The molecule has 3 fully saturated rings. The zero-order chi connectivity index (χ0) is 17.3. The van der Waals surface area contributed by atoms with Crippen LogP contribution in [0, 0.1) is 34.5 Å². The van der Waals surface area contributed by atoms with E-state index in [1.807, 2.05) is 6.08 Å². The van der Waals surface area contributed by atoms with E-state index < -0.39 is 0 Å². The van der Waals surface area contributed by atoms with Crippen molar-refractivity contribution in [3.63, 3.8) is 0 Å². The Morgan fingerprint density at radius 2 is 1.92 bits per heavy atom. The highest BCUT2D eigenvalue weighted by atomic mass is 16.3. The van der Waals surface area contributed by atoms with Crippen molar-refractivity contribution < 1.29 is 14.7 Å². The zero-order valence-electron chi connectivity index (χ0n) is 15.2. The number of rotatable bonds is 1. The summed E-state index contributed by atoms with van der Waals surface area (Å²) in [6.45, 7) is 6.38. The molecule has 0 aromatic rings. The first kappa shape index (κ1) is 16.5. The van der Waals surface area contributed by atoms with Crippen LogP contribution < -0.4 is 0 Å². The van der Waals surface area contributed by atoms with E-state index in [1.54, 1.807) is 6.92 Å². The second-order valence-corrected chi connectivity index (χ2v) is 9.40. The summed E-state index contributed by atoms with van der Waals surface area (Å²) in [6.07, 6.45) is 7.97. The molecule has 4 aliphatic rings. The molecule has 0 heterocycles. The van der Waals surface area contributed by atoms with Gasteiger partial charge in [-0.3, -0.25) is 9.59 Å². The van der Waals surface area contributed by atoms with Crippen molar-refractivity contribution in [1.29, 1.82) is 0 Å². The minimum absolute atomic E-state index is 0.0655. The summed E-state index contributed by atoms with van der Waals surface area (Å²) in [6, 6.07) is 0. The topological polar surface area (TPSA) is 54.4 Å². The average Bonchev–Trinajstić information content (AvgIpc) is 2.86. The zero-order valence-corrected chi connectivity index (χ0v) is 15.2. The van der Waals surface area contributed by atoms with Crippen LogP contribution in [0.15, 0.2) is 11.6 Å². The monoisotopic (exact) mass is 330 g/mol. The van der Waals surface area contributed by atoms with Gasteiger partial charge >= 0.3 is 0 Å². The molecule has 0 aliphatic heterocycles. The van der Waals surface area contributed by atoms with Crippen LogP contribution >= 0.6 is 0 Å². The molecule has 3 saturated carbocycles. The van der Waals surface area contributed by atoms with E-state index in [9.17, 15) is 14.7 Å². The van der Waals surface area contributed by atoms with Gasteiger partial charge in [0.25, 0.3) is 0 Å². The van der Waals surface area contributed by atoms with Gasteiger partial charge in [0.1, 0.15) is 5.78 Å². The molecule has 0 amide bonds. The molecular formula is C21H30O3. The minimum atomic E-state index is -0.351. The number of ketones is 2. The van der Waals surface area contributed by atoms with Crippen molar-refractivity contribution in [2.24, 2.45) is 34.5 Å². The molecule has 3 nitrogen and oxygen atoms in total. The van der Waals surface area contributed by atoms with E-state index in [4.69, 9.17) is 0 Å². The lowest BCUT2D eigenvalue weighted by Crippen LogP contribution is -2.55. The number of carbonyl (C=O) groups is 2. The Bertz CT molecular complexity index is 621. The predicted molar refractivity (Wildman–Crippen MR) is 92.3 cm³/mol. The van der Waals surface area contributed by atoms with E-state index in [0.717, 1.165) is 32.1 Å². The first-order chi connectivity index (χ1) is 11.3. The molecule has 7 atom stereocenters. The highest BCUT2D eigenvalue weighted by Crippen LogP contribution is 2.66. The third kappa shape index (κ3) is 2.06. The molecule has 0 saturated heterocycles. The van der Waals surface area contributed by atoms with E-state index in [-0.39, 0.29) is 28.6 Å². The van der Waals surface area contributed by atoms with E-state index in [2.05, 4.69) is 13.8 Å². The van der Waals surface area contributed by atoms with Gasteiger partial charge in [-0.05, 0) is 80.1 Å². The number of fused-ring (bicyclic) bond motifs is 5. The average molecular weight is 330 g/mol. The van der Waals surface area contributed by atoms with Gasteiger partial charge in [0.15, 0.2) is 5.78 Å². The highest BCUT2D eigenvalue weighted by molar-refractivity contribution is 5.91. The summed E-state index contributed by atoms with van der Waals surface area (Å²) in [4.78, 5) is 24.0. The molecule has 1 N–H and O–H groups in total. The largest absolute Gasteiger partial charge is 0.392 e. The van der Waals surface area contributed by atoms with Crippen molar-refractivity contribution in [3.8, 4) is 0 Å². The summed E-state index contributed by atoms with van der Waals surface area (Å²) in [5.74, 6) is 1.95.